The number of thiophene rings is 1. The summed E-state index contributed by atoms with van der Waals surface area (Å²) in [6.07, 6.45) is 3.83. The lowest BCUT2D eigenvalue weighted by atomic mass is 9.48. The van der Waals surface area contributed by atoms with Crippen molar-refractivity contribution in [3.63, 3.8) is 0 Å². The maximum atomic E-state index is 11.6. The van der Waals surface area contributed by atoms with Crippen molar-refractivity contribution < 1.29 is 5.11 Å². The second-order valence-corrected chi connectivity index (χ2v) is 44.1. The number of benzene rings is 3. The van der Waals surface area contributed by atoms with Crippen molar-refractivity contribution in [1.82, 2.24) is 4.90 Å². The summed E-state index contributed by atoms with van der Waals surface area (Å²) in [5, 5.41) is 13.6. The third-order valence-corrected chi connectivity index (χ3v) is 23.0. The highest BCUT2D eigenvalue weighted by atomic mass is 32.1. The summed E-state index contributed by atoms with van der Waals surface area (Å²) < 4.78 is 0. The van der Waals surface area contributed by atoms with Crippen LogP contribution in [0.4, 0.5) is 0 Å². The molecule has 93 heavy (non-hydrogen) atoms. The third-order valence-electron chi connectivity index (χ3n) is 22.0. The van der Waals surface area contributed by atoms with Crippen LogP contribution in [-0.4, -0.2) is 30.1 Å². The minimum absolute atomic E-state index is 0.0129. The van der Waals surface area contributed by atoms with Gasteiger partial charge >= 0.3 is 0 Å². The molecular weight excluding hydrogens is 1140 g/mol. The lowest BCUT2D eigenvalue weighted by Crippen LogP contribution is -2.66. The van der Waals surface area contributed by atoms with E-state index in [1.54, 1.807) is 11.3 Å². The Kier molecular flexibility index (Phi) is 31.1. The van der Waals surface area contributed by atoms with Crippen molar-refractivity contribution >= 4 is 11.3 Å². The van der Waals surface area contributed by atoms with E-state index in [1.807, 2.05) is 11.4 Å². The number of nitrogens with zero attached hydrogens (tertiary/aromatic N) is 1. The fourth-order valence-corrected chi connectivity index (χ4v) is 20.3. The van der Waals surface area contributed by atoms with Crippen LogP contribution in [0.15, 0.2) is 109 Å². The highest BCUT2D eigenvalue weighted by molar-refractivity contribution is 7.10. The number of hydrogen-bond acceptors (Lipinski definition) is 3. The monoisotopic (exact) mass is 1300 g/mol. The van der Waals surface area contributed by atoms with E-state index in [0.29, 0.717) is 60.1 Å². The van der Waals surface area contributed by atoms with Crippen LogP contribution in [0, 0.1) is 99.0 Å². The quantitative estimate of drug-likeness (QED) is 0.190. The first-order chi connectivity index (χ1) is 40.9. The summed E-state index contributed by atoms with van der Waals surface area (Å²) in [6, 6.07) is 36.9. The maximum absolute atomic E-state index is 11.6. The molecule has 1 aromatic heterocycles. The van der Waals surface area contributed by atoms with Crippen molar-refractivity contribution in [2.24, 2.45) is 99.0 Å². The van der Waals surface area contributed by atoms with Crippen molar-refractivity contribution in [3.8, 4) is 0 Å². The number of hydrogen-bond donors (Lipinski definition) is 1. The van der Waals surface area contributed by atoms with E-state index in [0.717, 1.165) is 16.7 Å². The van der Waals surface area contributed by atoms with Gasteiger partial charge in [0.25, 0.3) is 0 Å². The van der Waals surface area contributed by atoms with Crippen LogP contribution in [0.5, 0.6) is 0 Å². The minimum atomic E-state index is -0.841. The van der Waals surface area contributed by atoms with Crippen molar-refractivity contribution in [2.45, 2.75) is 321 Å². The number of aliphatic hydroxyl groups is 1. The average Bonchev–Trinajstić information content (AvgIpc) is 1.20. The molecule has 1 saturated heterocycles. The van der Waals surface area contributed by atoms with Gasteiger partial charge < -0.3 is 10.0 Å². The molecule has 1 fully saturated rings. The highest BCUT2D eigenvalue weighted by Gasteiger charge is 2.59. The predicted molar refractivity (Wildman–Crippen MR) is 424 cm³/mol. The molecule has 0 spiro atoms. The molecule has 2 heterocycles. The van der Waals surface area contributed by atoms with Gasteiger partial charge in [-0.25, -0.2) is 0 Å². The molecule has 0 aliphatic carbocycles. The van der Waals surface area contributed by atoms with E-state index >= 15 is 0 Å². The third kappa shape index (κ3) is 24.0. The summed E-state index contributed by atoms with van der Waals surface area (Å²) in [7, 11) is 2.22. The Balaban J connectivity index is 0.00000111. The van der Waals surface area contributed by atoms with E-state index in [4.69, 9.17) is 0 Å². The second kappa shape index (κ2) is 32.1. The van der Waals surface area contributed by atoms with Crippen LogP contribution < -0.4 is 0 Å². The first kappa shape index (κ1) is 90.3. The molecule has 3 aromatic carbocycles. The van der Waals surface area contributed by atoms with Gasteiger partial charge in [-0.05, 0) is 136 Å². The molecule has 0 bridgehead atoms. The Labute approximate surface area is 588 Å². The lowest BCUT2D eigenvalue weighted by molar-refractivity contribution is -0.188. The van der Waals surface area contributed by atoms with E-state index in [9.17, 15) is 5.11 Å². The fraction of sp³-hybridized carbons (Fsp3) is 0.756. The summed E-state index contributed by atoms with van der Waals surface area (Å²) in [5.41, 5.74) is 7.25. The van der Waals surface area contributed by atoms with Gasteiger partial charge in [-0.2, -0.15) is 0 Å². The van der Waals surface area contributed by atoms with Crippen LogP contribution in [0.3, 0.4) is 0 Å². The van der Waals surface area contributed by atoms with Gasteiger partial charge in [0.05, 0.1) is 0 Å². The fourth-order valence-electron chi connectivity index (χ4n) is 19.1. The molecule has 1 N–H and O–H groups in total. The van der Waals surface area contributed by atoms with Crippen LogP contribution in [0.2, 0.25) is 0 Å². The Hall–Kier alpha value is -2.72. The molecule has 0 saturated carbocycles. The Bertz CT molecular complexity index is 2540. The van der Waals surface area contributed by atoms with Crippen molar-refractivity contribution in [3.05, 3.63) is 130 Å². The predicted octanol–water partition coefficient (Wildman–Crippen LogP) is 28.3. The normalized spacial score (nSPS) is 16.0. The molecule has 5 rings (SSSR count). The van der Waals surface area contributed by atoms with Gasteiger partial charge in [-0.1, -0.05) is 394 Å². The zero-order chi connectivity index (χ0) is 74.1. The first-order valence-electron chi connectivity index (χ1n) is 36.5. The molecule has 1 unspecified atom stereocenters. The standard InChI is InChI=1S/C21H28.C16H28OS.C16H26.C13H28.C12H25N.C12H26/c1-19(2,3)21(20(4,5)6,17-13-9-7-10-14-17)18-15-11-8-12-16-18;1-13(2,3)15(7,8)16(17,14(4,5)6)12-10-9-11-18-12;1-15(2,3)14(16(4,5)6)12-13-10-8-7-9-11-13;1-11(2,3)10(12(4,5)6)13(7,8)9;1-10(2,3)12(11(4,5)6)8-13(7)9-12;1-8-9-10(11(2,3)4)12(5,6)7/h7-16H,1-6H3;9-11,17H,1-8H3;7-11,14H,12H2,1-6H3;10H,1-9H3;8-9H2,1-7H3;10H,8-9H2,1-7H3. The second-order valence-electron chi connectivity index (χ2n) is 43.1. The lowest BCUT2D eigenvalue weighted by Gasteiger charge is -2.63. The topological polar surface area (TPSA) is 23.5 Å². The van der Waals surface area contributed by atoms with Gasteiger partial charge in [0.15, 0.2) is 0 Å². The summed E-state index contributed by atoms with van der Waals surface area (Å²) in [5.74, 6) is 2.25. The van der Waals surface area contributed by atoms with E-state index in [2.05, 4.69) is 400 Å². The number of rotatable bonds is 8. The maximum Gasteiger partial charge on any atom is 0.109 e. The molecule has 2 nitrogen and oxygen atoms in total. The van der Waals surface area contributed by atoms with E-state index < -0.39 is 5.60 Å². The van der Waals surface area contributed by atoms with Crippen LogP contribution >= 0.6 is 11.3 Å². The molecule has 1 aliphatic heterocycles. The summed E-state index contributed by atoms with van der Waals surface area (Å²) >= 11 is 1.65. The van der Waals surface area contributed by atoms with Crippen LogP contribution in [0.25, 0.3) is 0 Å². The molecule has 1 aliphatic rings. The number of likely N-dealkylation sites (tertiary alicyclic amines) is 1. The zero-order valence-electron chi connectivity index (χ0n) is 70.5. The van der Waals surface area contributed by atoms with Gasteiger partial charge in [0.1, 0.15) is 5.60 Å². The molecule has 538 valence electrons. The van der Waals surface area contributed by atoms with Crippen molar-refractivity contribution in [1.29, 1.82) is 0 Å². The largest absolute Gasteiger partial charge is 0.383 e. The Morgan fingerprint density at radius 3 is 0.882 bits per heavy atom. The molecule has 4 aromatic rings. The van der Waals surface area contributed by atoms with Crippen LogP contribution in [0.1, 0.15) is 325 Å². The van der Waals surface area contributed by atoms with E-state index in [1.165, 1.54) is 49.0 Å². The van der Waals surface area contributed by atoms with Crippen molar-refractivity contribution in [2.75, 3.05) is 20.1 Å². The Morgan fingerprint density at radius 1 is 0.387 bits per heavy atom. The zero-order valence-corrected chi connectivity index (χ0v) is 71.3. The molecular formula is C90H161NOS. The molecule has 0 amide bonds. The molecule has 1 atom stereocenters. The molecule has 0 radical (unpaired) electrons. The smallest absolute Gasteiger partial charge is 0.109 e. The van der Waals surface area contributed by atoms with Gasteiger partial charge in [0.2, 0.25) is 0 Å². The Morgan fingerprint density at radius 2 is 0.699 bits per heavy atom. The average molecular weight is 1310 g/mol. The SMILES string of the molecule is CC(C)(C)C(C(C)(C)C)C(C)(C)C.CC(C)(C)C(C)(C)C(O)(c1cccs1)C(C)(C)C.CC(C)(C)C(Cc1ccccc1)C(C)(C)C.CC(C)(C)C(c1ccccc1)(c1ccccc1)C(C)(C)C.CCCC(C(C)(C)C)C(C)(C)C.CN1CC(C(C)(C)C)(C(C)(C)C)C1. The molecule has 3 heteroatoms. The van der Waals surface area contributed by atoms with Crippen LogP contribution in [-0.2, 0) is 17.4 Å². The highest BCUT2D eigenvalue weighted by Crippen LogP contribution is 2.61. The van der Waals surface area contributed by atoms with Gasteiger partial charge in [0, 0.05) is 34.2 Å². The summed E-state index contributed by atoms with van der Waals surface area (Å²) in [4.78, 5) is 3.49. The first-order valence-corrected chi connectivity index (χ1v) is 37.4. The van der Waals surface area contributed by atoms with Gasteiger partial charge in [-0.15, -0.1) is 11.3 Å². The summed E-state index contributed by atoms with van der Waals surface area (Å²) in [6.45, 7) is 100. The minimum Gasteiger partial charge on any atom is -0.383 e. The van der Waals surface area contributed by atoms with E-state index in [-0.39, 0.29) is 32.5 Å². The van der Waals surface area contributed by atoms with Gasteiger partial charge in [-0.3, -0.25) is 0 Å².